The van der Waals surface area contributed by atoms with Crippen molar-refractivity contribution < 1.29 is 18.1 Å². The zero-order valence-electron chi connectivity index (χ0n) is 13.7. The average Bonchev–Trinajstić information content (AvgIpc) is 2.53. The molecule has 0 saturated heterocycles. The van der Waals surface area contributed by atoms with Gasteiger partial charge in [0, 0.05) is 11.8 Å². The van der Waals surface area contributed by atoms with Gasteiger partial charge in [-0.1, -0.05) is 6.42 Å². The third-order valence-electron chi connectivity index (χ3n) is 4.59. The van der Waals surface area contributed by atoms with Crippen LogP contribution in [0.25, 0.3) is 0 Å². The van der Waals surface area contributed by atoms with Gasteiger partial charge in [-0.25, -0.2) is 4.99 Å². The molecular formula is C15H17F3N6O2. The summed E-state index contributed by atoms with van der Waals surface area (Å²) in [6.07, 6.45) is -1.22. The van der Waals surface area contributed by atoms with E-state index in [1.165, 1.54) is 11.0 Å². The molecule has 140 valence electrons. The number of nitro groups is 1. The summed E-state index contributed by atoms with van der Waals surface area (Å²) in [7, 11) is 0. The van der Waals surface area contributed by atoms with Crippen LogP contribution in [-0.4, -0.2) is 22.5 Å². The van der Waals surface area contributed by atoms with E-state index < -0.39 is 28.0 Å². The Balaban J connectivity index is 2.15. The maximum absolute atomic E-state index is 13.3. The molecule has 1 saturated carbocycles. The molecule has 0 amide bonds. The number of nitro benzene ring substituents is 1. The zero-order valence-corrected chi connectivity index (χ0v) is 13.7. The smallest absolute Gasteiger partial charge is 0.369 e. The molecule has 2 aliphatic rings. The second kappa shape index (κ2) is 6.15. The molecule has 4 N–H and O–H groups in total. The first-order valence-corrected chi connectivity index (χ1v) is 7.99. The number of aliphatic imine (C=N–C) groups is 2. The average molecular weight is 370 g/mol. The molecule has 0 atom stereocenters. The van der Waals surface area contributed by atoms with Crippen molar-refractivity contribution in [1.29, 1.82) is 0 Å². The number of guanidine groups is 2. The number of anilines is 1. The fourth-order valence-electron chi connectivity index (χ4n) is 3.54. The molecule has 0 aromatic heterocycles. The largest absolute Gasteiger partial charge is 0.423 e. The monoisotopic (exact) mass is 370 g/mol. The first kappa shape index (κ1) is 18.0. The van der Waals surface area contributed by atoms with Crippen molar-refractivity contribution in [3.63, 3.8) is 0 Å². The number of halogens is 3. The van der Waals surface area contributed by atoms with E-state index in [4.69, 9.17) is 11.5 Å². The Kier molecular flexibility index (Phi) is 4.24. The minimum absolute atomic E-state index is 0.0291. The first-order valence-electron chi connectivity index (χ1n) is 7.99. The predicted molar refractivity (Wildman–Crippen MR) is 89.6 cm³/mol. The summed E-state index contributed by atoms with van der Waals surface area (Å²) in [5, 5.41) is 11.0. The van der Waals surface area contributed by atoms with Gasteiger partial charge < -0.3 is 11.5 Å². The van der Waals surface area contributed by atoms with Crippen LogP contribution in [0.4, 0.5) is 24.5 Å². The van der Waals surface area contributed by atoms with E-state index in [9.17, 15) is 23.3 Å². The minimum atomic E-state index is -4.89. The Hall–Kier alpha value is -2.85. The molecule has 26 heavy (non-hydrogen) atoms. The van der Waals surface area contributed by atoms with Gasteiger partial charge in [-0.15, -0.1) is 0 Å². The van der Waals surface area contributed by atoms with Crippen molar-refractivity contribution >= 4 is 23.3 Å². The summed E-state index contributed by atoms with van der Waals surface area (Å²) in [5.41, 5.74) is 8.44. The number of nitrogens with zero attached hydrogens (tertiary/aromatic N) is 4. The van der Waals surface area contributed by atoms with Crippen molar-refractivity contribution in [3.8, 4) is 0 Å². The summed E-state index contributed by atoms with van der Waals surface area (Å²) in [5.74, 6) is -0.111. The Bertz CT molecular complexity index is 799. The molecule has 8 nitrogen and oxygen atoms in total. The topological polar surface area (TPSA) is 123 Å². The maximum Gasteiger partial charge on any atom is 0.423 e. The van der Waals surface area contributed by atoms with Crippen molar-refractivity contribution in [3.05, 3.63) is 33.9 Å². The zero-order chi connectivity index (χ0) is 19.1. The molecule has 1 spiro atoms. The van der Waals surface area contributed by atoms with Crippen molar-refractivity contribution in [2.24, 2.45) is 21.5 Å². The van der Waals surface area contributed by atoms with Crippen LogP contribution in [0, 0.1) is 10.1 Å². The van der Waals surface area contributed by atoms with Crippen LogP contribution in [0.5, 0.6) is 0 Å². The van der Waals surface area contributed by atoms with Crippen LogP contribution in [0.2, 0.25) is 0 Å². The molecule has 1 fully saturated rings. The Morgan fingerprint density at radius 1 is 1.19 bits per heavy atom. The number of nitrogens with two attached hydrogens (primary N) is 2. The normalized spacial score (nSPS) is 19.9. The van der Waals surface area contributed by atoms with E-state index in [1.54, 1.807) is 0 Å². The third kappa shape index (κ3) is 3.04. The molecule has 1 aliphatic carbocycles. The van der Waals surface area contributed by atoms with Crippen molar-refractivity contribution in [2.75, 3.05) is 4.90 Å². The Morgan fingerprint density at radius 3 is 2.42 bits per heavy atom. The van der Waals surface area contributed by atoms with Crippen molar-refractivity contribution in [2.45, 2.75) is 43.9 Å². The standard InChI is InChI=1S/C15H17F3N6O2/c16-15(17,18)10-8-9(4-5-11(10)24(25)26)23-13(20)21-12(19)22-14(23)6-2-1-3-7-14/h4-5,8H,1-3,6-7H2,(H4,19,20,21,22). The predicted octanol–water partition coefficient (Wildman–Crippen LogP) is 2.72. The van der Waals surface area contributed by atoms with Crippen LogP contribution in [0.15, 0.2) is 28.2 Å². The molecule has 1 aliphatic heterocycles. The second-order valence-electron chi connectivity index (χ2n) is 6.27. The van der Waals surface area contributed by atoms with Gasteiger partial charge in [0.1, 0.15) is 11.2 Å². The molecule has 0 bridgehead atoms. The summed E-state index contributed by atoms with van der Waals surface area (Å²) >= 11 is 0. The van der Waals surface area contributed by atoms with Gasteiger partial charge in [-0.05, 0) is 37.8 Å². The lowest BCUT2D eigenvalue weighted by molar-refractivity contribution is -0.388. The number of hydrogen-bond acceptors (Lipinski definition) is 7. The van der Waals surface area contributed by atoms with E-state index in [0.29, 0.717) is 18.9 Å². The fourth-order valence-corrected chi connectivity index (χ4v) is 3.54. The van der Waals surface area contributed by atoms with E-state index in [2.05, 4.69) is 9.98 Å². The van der Waals surface area contributed by atoms with Crippen LogP contribution in [-0.2, 0) is 6.18 Å². The lowest BCUT2D eigenvalue weighted by atomic mass is 9.87. The van der Waals surface area contributed by atoms with Crippen LogP contribution < -0.4 is 16.4 Å². The van der Waals surface area contributed by atoms with Gasteiger partial charge in [-0.2, -0.15) is 18.2 Å². The second-order valence-corrected chi connectivity index (χ2v) is 6.27. The van der Waals surface area contributed by atoms with E-state index >= 15 is 0 Å². The van der Waals surface area contributed by atoms with Crippen molar-refractivity contribution in [1.82, 2.24) is 0 Å². The lowest BCUT2D eigenvalue weighted by Crippen LogP contribution is -2.58. The molecule has 1 heterocycles. The number of rotatable bonds is 2. The summed E-state index contributed by atoms with van der Waals surface area (Å²) in [6, 6.07) is 2.76. The number of alkyl halides is 3. The molecule has 0 unspecified atom stereocenters. The van der Waals surface area contributed by atoms with Crippen LogP contribution in [0.3, 0.4) is 0 Å². The van der Waals surface area contributed by atoms with Gasteiger partial charge >= 0.3 is 6.18 Å². The molecule has 1 aromatic rings. The minimum Gasteiger partial charge on any atom is -0.369 e. The van der Waals surface area contributed by atoms with Gasteiger partial charge in [0.2, 0.25) is 11.9 Å². The highest BCUT2D eigenvalue weighted by molar-refractivity contribution is 6.05. The van der Waals surface area contributed by atoms with Gasteiger partial charge in [0.15, 0.2) is 0 Å². The molecule has 1 aromatic carbocycles. The summed E-state index contributed by atoms with van der Waals surface area (Å²) < 4.78 is 40.0. The molecular weight excluding hydrogens is 353 g/mol. The quantitative estimate of drug-likeness (QED) is 0.612. The highest BCUT2D eigenvalue weighted by atomic mass is 19.4. The number of benzene rings is 1. The highest BCUT2D eigenvalue weighted by Crippen LogP contribution is 2.43. The third-order valence-corrected chi connectivity index (χ3v) is 4.59. The molecule has 3 rings (SSSR count). The Morgan fingerprint density at radius 2 is 1.85 bits per heavy atom. The first-order chi connectivity index (χ1) is 12.1. The summed E-state index contributed by atoms with van der Waals surface area (Å²) in [4.78, 5) is 19.5. The van der Waals surface area contributed by atoms with E-state index in [0.717, 1.165) is 25.3 Å². The highest BCUT2D eigenvalue weighted by Gasteiger charge is 2.44. The Labute approximate surface area is 146 Å². The van der Waals surface area contributed by atoms with Crippen LogP contribution in [0.1, 0.15) is 37.7 Å². The molecule has 0 radical (unpaired) electrons. The van der Waals surface area contributed by atoms with E-state index in [-0.39, 0.29) is 17.6 Å². The van der Waals surface area contributed by atoms with Gasteiger partial charge in [0.05, 0.1) is 4.92 Å². The fraction of sp³-hybridized carbons (Fsp3) is 0.467. The maximum atomic E-state index is 13.3. The van der Waals surface area contributed by atoms with E-state index in [1.807, 2.05) is 0 Å². The molecule has 11 heteroatoms. The SMILES string of the molecule is NC1=NC2(CCCCC2)N(c2ccc([N+](=O)[O-])c(C(F)(F)F)c2)C(N)=N1. The van der Waals surface area contributed by atoms with Crippen LogP contribution >= 0.6 is 0 Å². The van der Waals surface area contributed by atoms with Gasteiger partial charge in [0.25, 0.3) is 5.69 Å². The van der Waals surface area contributed by atoms with Gasteiger partial charge in [-0.3, -0.25) is 15.0 Å². The lowest BCUT2D eigenvalue weighted by Gasteiger charge is -2.45. The summed E-state index contributed by atoms with van der Waals surface area (Å²) in [6.45, 7) is 0. The number of hydrogen-bond donors (Lipinski definition) is 2.